The lowest BCUT2D eigenvalue weighted by Crippen LogP contribution is -3.10. The van der Waals surface area contributed by atoms with Gasteiger partial charge < -0.3 is 33.5 Å². The predicted octanol–water partition coefficient (Wildman–Crippen LogP) is 0.946. The predicted molar refractivity (Wildman–Crippen MR) is 133 cm³/mol. The molecule has 3 heterocycles. The number of likely N-dealkylation sites (N-methyl/N-ethyl adjacent to an activating group) is 1. The SMILES string of the molecule is COc1ccc(-n2c([O-])c(C=NCC3c4c(cc5c(c4OC)OCO5)CC[NH+]3C)c(=O)[nH]c2=S)cc1. The quantitative estimate of drug-likeness (QED) is 0.375. The van der Waals surface area contributed by atoms with Crippen molar-refractivity contribution in [3.63, 3.8) is 0 Å². The fourth-order valence-corrected chi connectivity index (χ4v) is 5.01. The number of rotatable bonds is 6. The van der Waals surface area contributed by atoms with Gasteiger partial charge in [0.1, 0.15) is 11.8 Å². The van der Waals surface area contributed by atoms with Crippen molar-refractivity contribution < 1.29 is 29.0 Å². The summed E-state index contributed by atoms with van der Waals surface area (Å²) in [4.78, 5) is 21.0. The van der Waals surface area contributed by atoms with E-state index < -0.39 is 11.4 Å². The van der Waals surface area contributed by atoms with Crippen LogP contribution in [0.25, 0.3) is 5.69 Å². The number of nitrogens with one attached hydrogen (secondary N) is 2. The second-order valence-corrected chi connectivity index (χ2v) is 9.01. The van der Waals surface area contributed by atoms with E-state index in [4.69, 9.17) is 31.2 Å². The summed E-state index contributed by atoms with van der Waals surface area (Å²) < 4.78 is 23.4. The Hall–Kier alpha value is -3.83. The third kappa shape index (κ3) is 4.10. The van der Waals surface area contributed by atoms with Crippen molar-refractivity contribution in [2.24, 2.45) is 4.99 Å². The monoisotopic (exact) mass is 510 g/mol. The maximum absolute atomic E-state index is 13.2. The molecule has 0 fully saturated rings. The van der Waals surface area contributed by atoms with Gasteiger partial charge in [-0.05, 0) is 54.0 Å². The molecule has 0 saturated heterocycles. The van der Waals surface area contributed by atoms with Gasteiger partial charge >= 0.3 is 0 Å². The molecule has 0 aliphatic carbocycles. The lowest BCUT2D eigenvalue weighted by atomic mass is 9.91. The van der Waals surface area contributed by atoms with E-state index >= 15 is 0 Å². The number of fused-ring (bicyclic) bond motifs is 2. The number of aliphatic imine (C=N–C) groups is 1. The molecule has 0 bridgehead atoms. The van der Waals surface area contributed by atoms with Crippen LogP contribution in [0.3, 0.4) is 0 Å². The van der Waals surface area contributed by atoms with Crippen molar-refractivity contribution in [1.82, 2.24) is 9.55 Å². The molecule has 11 heteroatoms. The Labute approximate surface area is 212 Å². The molecule has 36 heavy (non-hydrogen) atoms. The zero-order valence-electron chi connectivity index (χ0n) is 20.1. The summed E-state index contributed by atoms with van der Waals surface area (Å²) >= 11 is 5.26. The number of hydrogen-bond acceptors (Lipinski definition) is 8. The highest BCUT2D eigenvalue weighted by molar-refractivity contribution is 7.71. The fraction of sp³-hybridized carbons (Fsp3) is 0.320. The van der Waals surface area contributed by atoms with E-state index in [1.165, 1.54) is 15.7 Å². The number of ether oxygens (including phenoxy) is 4. The standard InChI is InChI=1S/C25H26N4O6S/c1-28-9-8-14-10-19-21(35-13-34-19)22(33-3)20(14)18(28)12-26-11-17-23(30)27-25(36)29(24(17)31)15-4-6-16(32-2)7-5-15/h4-7,10-11,18,31H,8-9,12-13H2,1-3H3,(H,27,30,36). The zero-order chi connectivity index (χ0) is 25.4. The fourth-order valence-electron chi connectivity index (χ4n) is 4.73. The molecule has 10 nitrogen and oxygen atoms in total. The van der Waals surface area contributed by atoms with Gasteiger partial charge in [0.25, 0.3) is 5.56 Å². The minimum atomic E-state index is -0.579. The summed E-state index contributed by atoms with van der Waals surface area (Å²) in [5, 5.41) is 13.2. The summed E-state index contributed by atoms with van der Waals surface area (Å²) in [6, 6.07) is 8.77. The second-order valence-electron chi connectivity index (χ2n) is 8.62. The minimum absolute atomic E-state index is 0.0125. The molecule has 5 rings (SSSR count). The second kappa shape index (κ2) is 9.67. The number of nitrogens with zero attached hydrogens (tertiary/aromatic N) is 2. The van der Waals surface area contributed by atoms with E-state index in [1.807, 2.05) is 6.07 Å². The lowest BCUT2D eigenvalue weighted by Gasteiger charge is -2.32. The van der Waals surface area contributed by atoms with Crippen molar-refractivity contribution in [2.75, 3.05) is 41.1 Å². The summed E-state index contributed by atoms with van der Waals surface area (Å²) in [5.74, 6) is 2.03. The average molecular weight is 511 g/mol. The van der Waals surface area contributed by atoms with E-state index in [-0.39, 0.29) is 23.2 Å². The number of aromatic nitrogens is 2. The van der Waals surface area contributed by atoms with Gasteiger partial charge in [0.05, 0.1) is 45.5 Å². The smallest absolute Gasteiger partial charge is 0.259 e. The molecule has 2 aliphatic heterocycles. The van der Waals surface area contributed by atoms with Gasteiger partial charge in [-0.3, -0.25) is 14.8 Å². The molecule has 2 unspecified atom stereocenters. The molecule has 3 aromatic rings. The molecule has 0 spiro atoms. The minimum Gasteiger partial charge on any atom is -0.859 e. The van der Waals surface area contributed by atoms with Crippen LogP contribution in [0.2, 0.25) is 0 Å². The Balaban J connectivity index is 1.49. The number of aromatic amines is 1. The first-order chi connectivity index (χ1) is 17.4. The summed E-state index contributed by atoms with van der Waals surface area (Å²) in [6.45, 7) is 1.39. The van der Waals surface area contributed by atoms with Crippen LogP contribution < -0.4 is 34.5 Å². The van der Waals surface area contributed by atoms with Gasteiger partial charge in [0.15, 0.2) is 16.3 Å². The van der Waals surface area contributed by atoms with E-state index in [0.29, 0.717) is 35.2 Å². The van der Waals surface area contributed by atoms with Gasteiger partial charge in [0.2, 0.25) is 12.5 Å². The number of methoxy groups -OCH3 is 2. The number of benzene rings is 2. The summed E-state index contributed by atoms with van der Waals surface area (Å²) in [7, 11) is 5.25. The Morgan fingerprint density at radius 2 is 2.06 bits per heavy atom. The van der Waals surface area contributed by atoms with Crippen LogP contribution in [0.15, 0.2) is 40.1 Å². The Bertz CT molecular complexity index is 1450. The Morgan fingerprint density at radius 3 is 2.78 bits per heavy atom. The first-order valence-electron chi connectivity index (χ1n) is 11.4. The van der Waals surface area contributed by atoms with E-state index in [9.17, 15) is 9.90 Å². The molecule has 0 saturated carbocycles. The van der Waals surface area contributed by atoms with Crippen LogP contribution >= 0.6 is 12.2 Å². The van der Waals surface area contributed by atoms with Crippen LogP contribution in [-0.4, -0.2) is 56.9 Å². The largest absolute Gasteiger partial charge is 0.859 e. The van der Waals surface area contributed by atoms with E-state index in [0.717, 1.165) is 24.1 Å². The lowest BCUT2D eigenvalue weighted by molar-refractivity contribution is -0.912. The summed E-state index contributed by atoms with van der Waals surface area (Å²) in [6.07, 6.45) is 2.19. The van der Waals surface area contributed by atoms with Crippen molar-refractivity contribution in [1.29, 1.82) is 0 Å². The number of H-pyrrole nitrogens is 1. The molecule has 2 aromatic carbocycles. The van der Waals surface area contributed by atoms with Crippen LogP contribution in [0.1, 0.15) is 22.7 Å². The summed E-state index contributed by atoms with van der Waals surface area (Å²) in [5.41, 5.74) is 1.98. The third-order valence-corrected chi connectivity index (χ3v) is 6.91. The molecule has 2 atom stereocenters. The van der Waals surface area contributed by atoms with Gasteiger partial charge in [-0.25, -0.2) is 0 Å². The Kier molecular flexibility index (Phi) is 6.42. The van der Waals surface area contributed by atoms with Crippen molar-refractivity contribution in [3.8, 4) is 34.6 Å². The Morgan fingerprint density at radius 1 is 1.28 bits per heavy atom. The van der Waals surface area contributed by atoms with Gasteiger partial charge in [-0.1, -0.05) is 0 Å². The molecule has 2 aliphatic rings. The first kappa shape index (κ1) is 23.9. The normalized spacial score (nSPS) is 18.3. The third-order valence-electron chi connectivity index (χ3n) is 6.62. The van der Waals surface area contributed by atoms with Crippen LogP contribution in [0.5, 0.6) is 28.9 Å². The van der Waals surface area contributed by atoms with Crippen LogP contribution in [0.4, 0.5) is 0 Å². The topological polar surface area (TPSA) is 115 Å². The van der Waals surface area contributed by atoms with Crippen molar-refractivity contribution in [2.45, 2.75) is 12.5 Å². The van der Waals surface area contributed by atoms with Crippen molar-refractivity contribution in [3.05, 3.63) is 62.1 Å². The first-order valence-corrected chi connectivity index (χ1v) is 11.9. The maximum Gasteiger partial charge on any atom is 0.259 e. The van der Waals surface area contributed by atoms with Gasteiger partial charge in [0, 0.05) is 18.3 Å². The molecular formula is C25H26N4O6S. The number of quaternary nitrogens is 1. The van der Waals surface area contributed by atoms with Crippen LogP contribution in [0, 0.1) is 4.77 Å². The molecule has 0 amide bonds. The molecule has 188 valence electrons. The molecule has 1 aromatic heterocycles. The van der Waals surface area contributed by atoms with E-state index in [2.05, 4.69) is 17.0 Å². The van der Waals surface area contributed by atoms with Crippen molar-refractivity contribution >= 4 is 18.4 Å². The molecule has 2 N–H and O–H groups in total. The maximum atomic E-state index is 13.2. The number of hydrogen-bond donors (Lipinski definition) is 2. The highest BCUT2D eigenvalue weighted by Crippen LogP contribution is 2.47. The molecular weight excluding hydrogens is 484 g/mol. The van der Waals surface area contributed by atoms with Crippen LogP contribution in [-0.2, 0) is 6.42 Å². The van der Waals surface area contributed by atoms with Gasteiger partial charge in [-0.2, -0.15) is 0 Å². The van der Waals surface area contributed by atoms with E-state index in [1.54, 1.807) is 38.5 Å². The van der Waals surface area contributed by atoms with Gasteiger partial charge in [-0.15, -0.1) is 0 Å². The molecule has 0 radical (unpaired) electrons. The highest BCUT2D eigenvalue weighted by Gasteiger charge is 2.36. The zero-order valence-corrected chi connectivity index (χ0v) is 20.9. The highest BCUT2D eigenvalue weighted by atomic mass is 32.1. The average Bonchev–Trinajstić information content (AvgIpc) is 3.34.